The molecule has 1 nitrogen and oxygen atoms in total. The first-order valence-corrected chi connectivity index (χ1v) is 3.97. The van der Waals surface area contributed by atoms with Crippen LogP contribution < -0.4 is 4.90 Å². The van der Waals surface area contributed by atoms with Crippen LogP contribution in [-0.2, 0) is 0 Å². The largest absolute Gasteiger partial charge is 0.468 e. The Bertz CT molecular complexity index is 106. The van der Waals surface area contributed by atoms with Gasteiger partial charge in [-0.25, -0.2) is 0 Å². The van der Waals surface area contributed by atoms with Gasteiger partial charge in [-0.2, -0.15) is 7.05 Å². The van der Waals surface area contributed by atoms with Crippen molar-refractivity contribution in [1.29, 1.82) is 0 Å². The molecule has 1 saturated carbocycles. The van der Waals surface area contributed by atoms with Crippen molar-refractivity contribution in [2.24, 2.45) is 5.41 Å². The van der Waals surface area contributed by atoms with Crippen LogP contribution in [-0.4, -0.2) is 13.1 Å². The van der Waals surface area contributed by atoms with E-state index in [9.17, 15) is 0 Å². The minimum absolute atomic E-state index is 0.848. The molecule has 2 rings (SSSR count). The lowest BCUT2D eigenvalue weighted by atomic mass is 9.94. The molecule has 0 amide bonds. The highest BCUT2D eigenvalue weighted by atomic mass is 15.1. The van der Waals surface area contributed by atoms with Crippen molar-refractivity contribution in [3.8, 4) is 0 Å². The summed E-state index contributed by atoms with van der Waals surface area (Å²) in [4.78, 5) is 1.49. The molecular weight excluding hydrogens is 110 g/mol. The second-order valence-electron chi connectivity index (χ2n) is 3.75. The molecule has 52 valence electrons. The molecule has 1 heterocycles. The average molecular weight is 125 g/mol. The maximum atomic E-state index is 4.01. The smallest absolute Gasteiger partial charge is 0.0535 e. The van der Waals surface area contributed by atoms with Gasteiger partial charge in [-0.1, -0.05) is 0 Å². The molecule has 0 aromatic heterocycles. The number of piperidine rings is 1. The third-order valence-electron chi connectivity index (χ3n) is 2.97. The average Bonchev–Trinajstić information content (AvgIpc) is 2.60. The van der Waals surface area contributed by atoms with Gasteiger partial charge < -0.3 is 4.90 Å². The Kier molecular flexibility index (Phi) is 1.10. The fourth-order valence-electron chi connectivity index (χ4n) is 1.81. The van der Waals surface area contributed by atoms with E-state index in [0.29, 0.717) is 0 Å². The summed E-state index contributed by atoms with van der Waals surface area (Å²) in [6.45, 7) is 2.64. The van der Waals surface area contributed by atoms with E-state index in [1.54, 1.807) is 0 Å². The number of quaternary nitrogens is 1. The lowest BCUT2D eigenvalue weighted by Gasteiger charge is -2.30. The number of rotatable bonds is 0. The van der Waals surface area contributed by atoms with Gasteiger partial charge in [-0.15, -0.1) is 0 Å². The lowest BCUT2D eigenvalue weighted by Crippen LogP contribution is -3.08. The zero-order chi connectivity index (χ0) is 6.32. The molecule has 0 unspecified atom stereocenters. The maximum absolute atomic E-state index is 4.01. The second kappa shape index (κ2) is 1.72. The van der Waals surface area contributed by atoms with E-state index < -0.39 is 0 Å². The van der Waals surface area contributed by atoms with E-state index in [1.165, 1.54) is 43.7 Å². The van der Waals surface area contributed by atoms with Crippen molar-refractivity contribution >= 4 is 0 Å². The van der Waals surface area contributed by atoms with Crippen LogP contribution in [0.1, 0.15) is 25.7 Å². The Morgan fingerprint density at radius 2 is 1.56 bits per heavy atom. The zero-order valence-electron chi connectivity index (χ0n) is 5.95. The number of nitrogens with one attached hydrogen (secondary N) is 1. The Labute approximate surface area is 57.0 Å². The molecule has 1 N–H and O–H groups in total. The molecule has 0 radical (unpaired) electrons. The van der Waals surface area contributed by atoms with Gasteiger partial charge >= 0.3 is 0 Å². The number of hydrogen-bond donors (Lipinski definition) is 1. The molecule has 1 heteroatoms. The van der Waals surface area contributed by atoms with E-state index in [2.05, 4.69) is 7.05 Å². The maximum Gasteiger partial charge on any atom is 0.0535 e. The van der Waals surface area contributed by atoms with Crippen LogP contribution in [0, 0.1) is 12.5 Å². The van der Waals surface area contributed by atoms with Gasteiger partial charge in [0.1, 0.15) is 0 Å². The molecule has 9 heavy (non-hydrogen) atoms. The van der Waals surface area contributed by atoms with Crippen LogP contribution >= 0.6 is 0 Å². The lowest BCUT2D eigenvalue weighted by molar-refractivity contribution is -0.861. The van der Waals surface area contributed by atoms with E-state index in [4.69, 9.17) is 0 Å². The van der Waals surface area contributed by atoms with Gasteiger partial charge in [0.25, 0.3) is 0 Å². The molecule has 2 aliphatic rings. The van der Waals surface area contributed by atoms with Crippen molar-refractivity contribution < 1.29 is 4.90 Å². The van der Waals surface area contributed by atoms with Gasteiger partial charge in [-0.05, 0) is 18.3 Å². The molecule has 2 fully saturated rings. The second-order valence-corrected chi connectivity index (χ2v) is 3.75. The molecule has 1 aliphatic carbocycles. The van der Waals surface area contributed by atoms with Crippen molar-refractivity contribution in [3.63, 3.8) is 0 Å². The van der Waals surface area contributed by atoms with Crippen LogP contribution in [0.25, 0.3) is 0 Å². The van der Waals surface area contributed by atoms with Crippen LogP contribution in [0.3, 0.4) is 0 Å². The van der Waals surface area contributed by atoms with Gasteiger partial charge in [0, 0.05) is 12.8 Å². The van der Waals surface area contributed by atoms with Gasteiger partial charge in [0.05, 0.1) is 13.1 Å². The van der Waals surface area contributed by atoms with Gasteiger partial charge in [0.2, 0.25) is 0 Å². The number of hydrogen-bond acceptors (Lipinski definition) is 0. The van der Waals surface area contributed by atoms with Crippen molar-refractivity contribution in [2.75, 3.05) is 13.1 Å². The van der Waals surface area contributed by atoms with E-state index in [-0.39, 0.29) is 0 Å². The summed E-state index contributed by atoms with van der Waals surface area (Å²) in [5, 5.41) is 0. The highest BCUT2D eigenvalue weighted by molar-refractivity contribution is 4.93. The topological polar surface area (TPSA) is 4.44 Å². The van der Waals surface area contributed by atoms with Gasteiger partial charge in [-0.3, -0.25) is 0 Å². The predicted molar refractivity (Wildman–Crippen MR) is 37.0 cm³/mol. The summed E-state index contributed by atoms with van der Waals surface area (Å²) in [7, 11) is 4.01. The first-order chi connectivity index (χ1) is 4.31. The molecule has 0 atom stereocenters. The molecule has 0 bridgehead atoms. The molecule has 0 aromatic carbocycles. The minimum Gasteiger partial charge on any atom is -0.468 e. The van der Waals surface area contributed by atoms with E-state index >= 15 is 0 Å². The zero-order valence-corrected chi connectivity index (χ0v) is 5.95. The minimum atomic E-state index is 0.848. The molecule has 0 aromatic rings. The van der Waals surface area contributed by atoms with Crippen molar-refractivity contribution in [2.45, 2.75) is 25.7 Å². The molecule has 1 aliphatic heterocycles. The van der Waals surface area contributed by atoms with Crippen LogP contribution in [0.15, 0.2) is 0 Å². The Morgan fingerprint density at radius 3 is 2.00 bits per heavy atom. The van der Waals surface area contributed by atoms with Gasteiger partial charge in [0.15, 0.2) is 0 Å². The summed E-state index contributed by atoms with van der Waals surface area (Å²) in [5.74, 6) is 0. The number of likely N-dealkylation sites (tertiary alicyclic amines) is 1. The predicted octanol–water partition coefficient (Wildman–Crippen LogP) is 0.237. The Hall–Kier alpha value is -0.0400. The Morgan fingerprint density at radius 1 is 1.00 bits per heavy atom. The summed E-state index contributed by atoms with van der Waals surface area (Å²) in [6, 6.07) is 0. The third-order valence-corrected chi connectivity index (χ3v) is 2.97. The molecular formula is C8H15N. The Balaban J connectivity index is 1.91. The monoisotopic (exact) mass is 125 g/mol. The van der Waals surface area contributed by atoms with Crippen LogP contribution in [0.2, 0.25) is 0 Å². The molecule has 1 saturated heterocycles. The molecule has 1 spiro atoms. The highest BCUT2D eigenvalue weighted by Crippen LogP contribution is 2.51. The van der Waals surface area contributed by atoms with E-state index in [1.807, 2.05) is 0 Å². The quantitative estimate of drug-likeness (QED) is 0.442. The summed E-state index contributed by atoms with van der Waals surface area (Å²) in [6.07, 6.45) is 5.93. The van der Waals surface area contributed by atoms with Crippen molar-refractivity contribution in [3.05, 3.63) is 7.05 Å². The first-order valence-electron chi connectivity index (χ1n) is 3.97. The van der Waals surface area contributed by atoms with Crippen molar-refractivity contribution in [1.82, 2.24) is 0 Å². The third kappa shape index (κ3) is 0.983. The van der Waals surface area contributed by atoms with Crippen LogP contribution in [0.5, 0.6) is 0 Å². The normalized spacial score (nSPS) is 33.0. The summed E-state index contributed by atoms with van der Waals surface area (Å²) < 4.78 is 0. The summed E-state index contributed by atoms with van der Waals surface area (Å²) >= 11 is 0. The fraction of sp³-hybridized carbons (Fsp3) is 0.875. The first kappa shape index (κ1) is 5.72. The summed E-state index contributed by atoms with van der Waals surface area (Å²) in [5.41, 5.74) is 0.848. The SMILES string of the molecule is [CH2-][NH+]1CCC2(CC1)CC2. The van der Waals surface area contributed by atoms with Crippen LogP contribution in [0.4, 0.5) is 0 Å². The van der Waals surface area contributed by atoms with E-state index in [0.717, 1.165) is 5.41 Å². The standard InChI is InChI=1S/C8H15N/c1-9-6-4-8(2-3-8)5-7-9/h9H,1-7H2. The fourth-order valence-corrected chi connectivity index (χ4v) is 1.81. The highest BCUT2D eigenvalue weighted by Gasteiger charge is 2.44.